The Balaban J connectivity index is 1.71. The summed E-state index contributed by atoms with van der Waals surface area (Å²) in [6.45, 7) is 2.73. The van der Waals surface area contributed by atoms with E-state index >= 15 is 0 Å². The third kappa shape index (κ3) is 5.36. The summed E-state index contributed by atoms with van der Waals surface area (Å²) in [5.74, 6) is 0.204. The molecular weight excluding hydrogens is 292 g/mol. The van der Waals surface area contributed by atoms with Crippen molar-refractivity contribution in [2.24, 2.45) is 5.92 Å². The fourth-order valence-electron chi connectivity index (χ4n) is 2.84. The second-order valence-electron chi connectivity index (χ2n) is 5.92. The van der Waals surface area contributed by atoms with Gasteiger partial charge in [0.25, 0.3) is 5.91 Å². The molecule has 0 saturated carbocycles. The van der Waals surface area contributed by atoms with Crippen LogP contribution in [0.5, 0.6) is 0 Å². The zero-order valence-electron chi connectivity index (χ0n) is 13.8. The lowest BCUT2D eigenvalue weighted by Gasteiger charge is -2.31. The Morgan fingerprint density at radius 2 is 1.87 bits per heavy atom. The van der Waals surface area contributed by atoms with Crippen molar-refractivity contribution in [1.29, 1.82) is 0 Å². The minimum Gasteiger partial charge on any atom is -0.385 e. The summed E-state index contributed by atoms with van der Waals surface area (Å²) >= 11 is 0. The van der Waals surface area contributed by atoms with Gasteiger partial charge in [0, 0.05) is 44.8 Å². The number of ether oxygens (including phenoxy) is 1. The van der Waals surface area contributed by atoms with Crippen LogP contribution in [0.3, 0.4) is 0 Å². The van der Waals surface area contributed by atoms with Gasteiger partial charge in [-0.05, 0) is 37.8 Å². The molecule has 1 aliphatic heterocycles. The number of methoxy groups -OCH3 is 1. The van der Waals surface area contributed by atoms with Gasteiger partial charge in [0.05, 0.1) is 0 Å². The SMILES string of the molecule is COCCCCNC(=O)C1CCN(C(=O)c2ccccc2)CC1. The van der Waals surface area contributed by atoms with Crippen LogP contribution in [0.15, 0.2) is 30.3 Å². The number of amides is 2. The molecule has 2 amide bonds. The normalized spacial score (nSPS) is 15.4. The van der Waals surface area contributed by atoms with E-state index in [1.54, 1.807) is 7.11 Å². The van der Waals surface area contributed by atoms with Crippen molar-refractivity contribution in [3.05, 3.63) is 35.9 Å². The molecule has 2 rings (SSSR count). The zero-order valence-corrected chi connectivity index (χ0v) is 13.8. The highest BCUT2D eigenvalue weighted by Gasteiger charge is 2.27. The summed E-state index contributed by atoms with van der Waals surface area (Å²) in [6.07, 6.45) is 3.37. The summed E-state index contributed by atoms with van der Waals surface area (Å²) < 4.78 is 4.99. The van der Waals surface area contributed by atoms with Gasteiger partial charge in [-0.2, -0.15) is 0 Å². The minimum absolute atomic E-state index is 0.0252. The first-order chi connectivity index (χ1) is 11.2. The second-order valence-corrected chi connectivity index (χ2v) is 5.92. The first-order valence-corrected chi connectivity index (χ1v) is 8.33. The minimum atomic E-state index is 0.0252. The van der Waals surface area contributed by atoms with E-state index in [0.717, 1.165) is 32.3 Å². The first-order valence-electron chi connectivity index (χ1n) is 8.33. The van der Waals surface area contributed by atoms with Crippen LogP contribution >= 0.6 is 0 Å². The highest BCUT2D eigenvalue weighted by molar-refractivity contribution is 5.94. The van der Waals surface area contributed by atoms with Crippen molar-refractivity contribution >= 4 is 11.8 Å². The van der Waals surface area contributed by atoms with Crippen LogP contribution in [-0.4, -0.2) is 50.1 Å². The van der Waals surface area contributed by atoms with E-state index < -0.39 is 0 Å². The van der Waals surface area contributed by atoms with Crippen molar-refractivity contribution in [2.75, 3.05) is 33.4 Å². The number of unbranched alkanes of at least 4 members (excludes halogenated alkanes) is 1. The number of nitrogens with one attached hydrogen (secondary N) is 1. The van der Waals surface area contributed by atoms with Gasteiger partial charge in [-0.3, -0.25) is 9.59 Å². The number of hydrogen-bond donors (Lipinski definition) is 1. The smallest absolute Gasteiger partial charge is 0.253 e. The maximum Gasteiger partial charge on any atom is 0.253 e. The lowest BCUT2D eigenvalue weighted by Crippen LogP contribution is -2.43. The molecule has 5 nitrogen and oxygen atoms in total. The molecule has 0 aromatic heterocycles. The van der Waals surface area contributed by atoms with Crippen molar-refractivity contribution < 1.29 is 14.3 Å². The Morgan fingerprint density at radius 3 is 2.52 bits per heavy atom. The Kier molecular flexibility index (Phi) is 7.07. The van der Waals surface area contributed by atoms with Gasteiger partial charge in [0.1, 0.15) is 0 Å². The van der Waals surface area contributed by atoms with E-state index in [1.165, 1.54) is 0 Å². The predicted molar refractivity (Wildman–Crippen MR) is 89.2 cm³/mol. The molecule has 0 aliphatic carbocycles. The quantitative estimate of drug-likeness (QED) is 0.783. The highest BCUT2D eigenvalue weighted by Crippen LogP contribution is 2.19. The number of benzene rings is 1. The summed E-state index contributed by atoms with van der Waals surface area (Å²) in [7, 11) is 1.68. The molecule has 23 heavy (non-hydrogen) atoms. The van der Waals surface area contributed by atoms with Gasteiger partial charge >= 0.3 is 0 Å². The van der Waals surface area contributed by atoms with Crippen molar-refractivity contribution in [2.45, 2.75) is 25.7 Å². The molecule has 1 saturated heterocycles. The molecule has 0 unspecified atom stereocenters. The molecule has 0 radical (unpaired) electrons. The Labute approximate surface area is 138 Å². The van der Waals surface area contributed by atoms with E-state index in [1.807, 2.05) is 35.2 Å². The highest BCUT2D eigenvalue weighted by atomic mass is 16.5. The lowest BCUT2D eigenvalue weighted by atomic mass is 9.95. The standard InChI is InChI=1S/C18H26N2O3/c1-23-14-6-5-11-19-17(21)15-9-12-20(13-10-15)18(22)16-7-3-2-4-8-16/h2-4,7-8,15H,5-6,9-14H2,1H3,(H,19,21). The van der Waals surface area contributed by atoms with E-state index in [2.05, 4.69) is 5.32 Å². The van der Waals surface area contributed by atoms with E-state index in [0.29, 0.717) is 25.2 Å². The second kappa shape index (κ2) is 9.30. The summed E-state index contributed by atoms with van der Waals surface area (Å²) in [6, 6.07) is 9.32. The predicted octanol–water partition coefficient (Wildman–Crippen LogP) is 2.08. The van der Waals surface area contributed by atoms with Crippen molar-refractivity contribution in [1.82, 2.24) is 10.2 Å². The van der Waals surface area contributed by atoms with E-state index in [4.69, 9.17) is 4.74 Å². The molecule has 126 valence electrons. The zero-order chi connectivity index (χ0) is 16.5. The average molecular weight is 318 g/mol. The van der Waals surface area contributed by atoms with Gasteiger partial charge in [0.15, 0.2) is 0 Å². The molecular formula is C18H26N2O3. The molecule has 0 spiro atoms. The van der Waals surface area contributed by atoms with Crippen LogP contribution in [0, 0.1) is 5.92 Å². The van der Waals surface area contributed by atoms with E-state index in [9.17, 15) is 9.59 Å². The fraction of sp³-hybridized carbons (Fsp3) is 0.556. The van der Waals surface area contributed by atoms with Gasteiger partial charge in [-0.15, -0.1) is 0 Å². The van der Waals surface area contributed by atoms with Gasteiger partial charge < -0.3 is 15.0 Å². The number of carbonyl (C=O) groups excluding carboxylic acids is 2. The van der Waals surface area contributed by atoms with Gasteiger partial charge in [-0.25, -0.2) is 0 Å². The number of likely N-dealkylation sites (tertiary alicyclic amines) is 1. The largest absolute Gasteiger partial charge is 0.385 e. The van der Waals surface area contributed by atoms with Crippen LogP contribution in [0.2, 0.25) is 0 Å². The topological polar surface area (TPSA) is 58.6 Å². The lowest BCUT2D eigenvalue weighted by molar-refractivity contribution is -0.126. The first kappa shape index (κ1) is 17.5. The number of nitrogens with zero attached hydrogens (tertiary/aromatic N) is 1. The van der Waals surface area contributed by atoms with Crippen LogP contribution in [0.1, 0.15) is 36.0 Å². The third-order valence-corrected chi connectivity index (χ3v) is 4.25. The van der Waals surface area contributed by atoms with Crippen LogP contribution in [0.25, 0.3) is 0 Å². The average Bonchev–Trinajstić information content (AvgIpc) is 2.61. The molecule has 1 aromatic rings. The molecule has 1 aliphatic rings. The maximum atomic E-state index is 12.4. The summed E-state index contributed by atoms with van der Waals surface area (Å²) in [5.41, 5.74) is 0.716. The number of rotatable bonds is 7. The molecule has 1 fully saturated rings. The van der Waals surface area contributed by atoms with Gasteiger partial charge in [0.2, 0.25) is 5.91 Å². The summed E-state index contributed by atoms with van der Waals surface area (Å²) in [5, 5.41) is 2.99. The van der Waals surface area contributed by atoms with Crippen molar-refractivity contribution in [3.8, 4) is 0 Å². The van der Waals surface area contributed by atoms with Gasteiger partial charge in [-0.1, -0.05) is 18.2 Å². The number of carbonyl (C=O) groups is 2. The number of piperidine rings is 1. The fourth-order valence-corrected chi connectivity index (χ4v) is 2.84. The molecule has 1 heterocycles. The molecule has 0 bridgehead atoms. The third-order valence-electron chi connectivity index (χ3n) is 4.25. The number of hydrogen-bond acceptors (Lipinski definition) is 3. The maximum absolute atomic E-state index is 12.4. The van der Waals surface area contributed by atoms with Crippen LogP contribution in [0.4, 0.5) is 0 Å². The monoisotopic (exact) mass is 318 g/mol. The molecule has 1 N–H and O–H groups in total. The summed E-state index contributed by atoms with van der Waals surface area (Å²) in [4.78, 5) is 26.3. The van der Waals surface area contributed by atoms with E-state index in [-0.39, 0.29) is 17.7 Å². The Bertz CT molecular complexity index is 496. The Morgan fingerprint density at radius 1 is 1.17 bits per heavy atom. The molecule has 1 aromatic carbocycles. The molecule has 0 atom stereocenters. The van der Waals surface area contributed by atoms with Crippen LogP contribution in [-0.2, 0) is 9.53 Å². The van der Waals surface area contributed by atoms with Crippen LogP contribution < -0.4 is 5.32 Å². The molecule has 5 heteroatoms. The van der Waals surface area contributed by atoms with Crippen molar-refractivity contribution in [3.63, 3.8) is 0 Å². The Hall–Kier alpha value is -1.88.